The Kier molecular flexibility index (Phi) is 4.55. The maximum atomic E-state index is 13.0. The average Bonchev–Trinajstić information content (AvgIpc) is 2.90. The summed E-state index contributed by atoms with van der Waals surface area (Å²) in [5.41, 5.74) is 2.94. The molecule has 3 rings (SSSR count). The summed E-state index contributed by atoms with van der Waals surface area (Å²) in [6.45, 7) is 0.792. The van der Waals surface area contributed by atoms with Gasteiger partial charge in [0.2, 0.25) is 0 Å². The Morgan fingerprint density at radius 2 is 2.04 bits per heavy atom. The van der Waals surface area contributed by atoms with E-state index < -0.39 is 5.97 Å². The number of carboxylic acid groups (broad SMARTS) is 1. The number of rotatable bonds is 3. The van der Waals surface area contributed by atoms with Crippen LogP contribution in [0.1, 0.15) is 32.1 Å². The minimum Gasteiger partial charge on any atom is -0.476 e. The van der Waals surface area contributed by atoms with Crippen LogP contribution in [-0.4, -0.2) is 52.3 Å². The standard InChI is InChI=1S/C17H19BrN4O3/c1-20(2)14-8-10(18)4-5-11(14)16(23)22-7-6-13-12(9-22)15(17(24)25)19-21(13)3/h4-5,8H,6-7,9H2,1-3H3,(H,24,25). The minimum absolute atomic E-state index is 0.0265. The molecule has 25 heavy (non-hydrogen) atoms. The van der Waals surface area contributed by atoms with Crippen LogP contribution in [0.15, 0.2) is 22.7 Å². The van der Waals surface area contributed by atoms with E-state index in [2.05, 4.69) is 21.0 Å². The molecule has 1 N–H and O–H groups in total. The molecule has 132 valence electrons. The lowest BCUT2D eigenvalue weighted by atomic mass is 10.0. The molecule has 0 unspecified atom stereocenters. The van der Waals surface area contributed by atoms with Crippen LogP contribution in [0.25, 0.3) is 0 Å². The topological polar surface area (TPSA) is 78.7 Å². The Bertz CT molecular complexity index is 860. The molecule has 0 atom stereocenters. The number of carbonyl (C=O) groups is 2. The van der Waals surface area contributed by atoms with Gasteiger partial charge in [0.05, 0.1) is 17.8 Å². The highest BCUT2D eigenvalue weighted by molar-refractivity contribution is 9.10. The summed E-state index contributed by atoms with van der Waals surface area (Å²) in [5.74, 6) is -1.18. The van der Waals surface area contributed by atoms with Gasteiger partial charge in [0, 0.05) is 49.8 Å². The van der Waals surface area contributed by atoms with Crippen LogP contribution in [0.2, 0.25) is 0 Å². The molecule has 0 saturated carbocycles. The number of hydrogen-bond acceptors (Lipinski definition) is 4. The van der Waals surface area contributed by atoms with E-state index in [1.807, 2.05) is 31.1 Å². The zero-order valence-corrected chi connectivity index (χ0v) is 15.9. The molecule has 0 spiro atoms. The molecular formula is C17H19BrN4O3. The van der Waals surface area contributed by atoms with Gasteiger partial charge in [0.25, 0.3) is 5.91 Å². The Labute approximate surface area is 154 Å². The molecule has 0 radical (unpaired) electrons. The minimum atomic E-state index is -1.07. The van der Waals surface area contributed by atoms with Gasteiger partial charge in [-0.3, -0.25) is 9.48 Å². The first-order valence-corrected chi connectivity index (χ1v) is 8.63. The number of fused-ring (bicyclic) bond motifs is 1. The maximum Gasteiger partial charge on any atom is 0.356 e. The summed E-state index contributed by atoms with van der Waals surface area (Å²) in [5, 5.41) is 13.4. The third kappa shape index (κ3) is 3.13. The van der Waals surface area contributed by atoms with Gasteiger partial charge in [-0.15, -0.1) is 0 Å². The number of carbonyl (C=O) groups excluding carboxylic acids is 1. The van der Waals surface area contributed by atoms with Gasteiger partial charge in [0.1, 0.15) is 0 Å². The molecule has 1 aromatic carbocycles. The van der Waals surface area contributed by atoms with Crippen LogP contribution in [0, 0.1) is 0 Å². The number of benzene rings is 1. The predicted octanol–water partition coefficient (Wildman–Crippen LogP) is 2.15. The number of amides is 1. The molecule has 8 heteroatoms. The van der Waals surface area contributed by atoms with E-state index in [0.717, 1.165) is 15.9 Å². The van der Waals surface area contributed by atoms with Crippen LogP contribution in [0.3, 0.4) is 0 Å². The van der Waals surface area contributed by atoms with E-state index in [4.69, 9.17) is 0 Å². The third-order valence-electron chi connectivity index (χ3n) is 4.40. The lowest BCUT2D eigenvalue weighted by molar-refractivity contribution is 0.0674. The van der Waals surface area contributed by atoms with Crippen molar-refractivity contribution in [3.05, 3.63) is 45.2 Å². The quantitative estimate of drug-likeness (QED) is 0.844. The number of carboxylic acids is 1. The van der Waals surface area contributed by atoms with Crippen molar-refractivity contribution in [2.75, 3.05) is 25.5 Å². The van der Waals surface area contributed by atoms with E-state index >= 15 is 0 Å². The Morgan fingerprint density at radius 1 is 1.32 bits per heavy atom. The van der Waals surface area contributed by atoms with Crippen molar-refractivity contribution < 1.29 is 14.7 Å². The van der Waals surface area contributed by atoms with Crippen LogP contribution < -0.4 is 4.90 Å². The van der Waals surface area contributed by atoms with E-state index in [1.165, 1.54) is 0 Å². The fraction of sp³-hybridized carbons (Fsp3) is 0.353. The molecule has 2 heterocycles. The van der Waals surface area contributed by atoms with Gasteiger partial charge in [-0.05, 0) is 18.2 Å². The van der Waals surface area contributed by atoms with Crippen LogP contribution >= 0.6 is 15.9 Å². The molecular weight excluding hydrogens is 388 g/mol. The summed E-state index contributed by atoms with van der Waals surface area (Å²) >= 11 is 3.43. The number of anilines is 1. The maximum absolute atomic E-state index is 13.0. The highest BCUT2D eigenvalue weighted by Gasteiger charge is 2.30. The smallest absolute Gasteiger partial charge is 0.356 e. The van der Waals surface area contributed by atoms with E-state index in [9.17, 15) is 14.7 Å². The second-order valence-electron chi connectivity index (χ2n) is 6.24. The van der Waals surface area contributed by atoms with E-state index in [-0.39, 0.29) is 18.1 Å². The van der Waals surface area contributed by atoms with Crippen molar-refractivity contribution in [1.82, 2.24) is 14.7 Å². The molecule has 0 bridgehead atoms. The normalized spacial score (nSPS) is 13.5. The Morgan fingerprint density at radius 3 is 2.68 bits per heavy atom. The molecule has 1 aliphatic rings. The highest BCUT2D eigenvalue weighted by atomic mass is 79.9. The molecule has 1 aliphatic heterocycles. The van der Waals surface area contributed by atoms with E-state index in [1.54, 1.807) is 22.7 Å². The SMILES string of the molecule is CN(C)c1cc(Br)ccc1C(=O)N1CCc2c(c(C(=O)O)nn2C)C1. The van der Waals surface area contributed by atoms with Crippen molar-refractivity contribution in [3.63, 3.8) is 0 Å². The van der Waals surface area contributed by atoms with Crippen molar-refractivity contribution in [2.24, 2.45) is 7.05 Å². The monoisotopic (exact) mass is 406 g/mol. The van der Waals surface area contributed by atoms with Crippen molar-refractivity contribution in [3.8, 4) is 0 Å². The Balaban J connectivity index is 1.95. The van der Waals surface area contributed by atoms with Gasteiger partial charge >= 0.3 is 5.97 Å². The molecule has 0 saturated heterocycles. The number of halogens is 1. The van der Waals surface area contributed by atoms with E-state index in [0.29, 0.717) is 24.1 Å². The lowest BCUT2D eigenvalue weighted by Gasteiger charge is -2.29. The number of aromatic carboxylic acids is 1. The number of aryl methyl sites for hydroxylation is 1. The first-order chi connectivity index (χ1) is 11.8. The second-order valence-corrected chi connectivity index (χ2v) is 7.15. The first-order valence-electron chi connectivity index (χ1n) is 7.83. The first kappa shape index (κ1) is 17.5. The van der Waals surface area contributed by atoms with Gasteiger partial charge in [-0.2, -0.15) is 5.10 Å². The fourth-order valence-corrected chi connectivity index (χ4v) is 3.51. The van der Waals surface area contributed by atoms with Gasteiger partial charge in [-0.25, -0.2) is 4.79 Å². The van der Waals surface area contributed by atoms with Crippen molar-refractivity contribution in [2.45, 2.75) is 13.0 Å². The number of aromatic nitrogens is 2. The fourth-order valence-electron chi connectivity index (χ4n) is 3.16. The largest absolute Gasteiger partial charge is 0.476 e. The Hall–Kier alpha value is -2.35. The van der Waals surface area contributed by atoms with Gasteiger partial charge < -0.3 is 14.9 Å². The van der Waals surface area contributed by atoms with Crippen molar-refractivity contribution >= 4 is 33.5 Å². The number of nitrogens with zero attached hydrogens (tertiary/aromatic N) is 4. The van der Waals surface area contributed by atoms with Gasteiger partial charge in [-0.1, -0.05) is 15.9 Å². The third-order valence-corrected chi connectivity index (χ3v) is 4.90. The molecule has 0 fully saturated rings. The average molecular weight is 407 g/mol. The summed E-state index contributed by atoms with van der Waals surface area (Å²) in [4.78, 5) is 28.0. The molecule has 0 aliphatic carbocycles. The number of hydrogen-bond donors (Lipinski definition) is 1. The zero-order chi connectivity index (χ0) is 18.3. The summed E-state index contributed by atoms with van der Waals surface area (Å²) in [6.07, 6.45) is 0.589. The van der Waals surface area contributed by atoms with Crippen LogP contribution in [0.4, 0.5) is 5.69 Å². The molecule has 7 nitrogen and oxygen atoms in total. The molecule has 1 aromatic heterocycles. The second kappa shape index (κ2) is 6.51. The van der Waals surface area contributed by atoms with Crippen molar-refractivity contribution in [1.29, 1.82) is 0 Å². The molecule has 1 amide bonds. The predicted molar refractivity (Wildman–Crippen MR) is 97.1 cm³/mol. The summed E-state index contributed by atoms with van der Waals surface area (Å²) in [7, 11) is 5.51. The summed E-state index contributed by atoms with van der Waals surface area (Å²) in [6, 6.07) is 5.52. The van der Waals surface area contributed by atoms with Crippen LogP contribution in [0.5, 0.6) is 0 Å². The highest BCUT2D eigenvalue weighted by Crippen LogP contribution is 2.28. The summed E-state index contributed by atoms with van der Waals surface area (Å²) < 4.78 is 2.50. The molecule has 2 aromatic rings. The zero-order valence-electron chi connectivity index (χ0n) is 14.3. The van der Waals surface area contributed by atoms with Crippen LogP contribution in [-0.2, 0) is 20.0 Å². The lowest BCUT2D eigenvalue weighted by Crippen LogP contribution is -2.37. The van der Waals surface area contributed by atoms with Gasteiger partial charge in [0.15, 0.2) is 5.69 Å².